The maximum absolute atomic E-state index is 6.89. The topological polar surface area (TPSA) is 133 Å². The third-order valence-corrected chi connectivity index (χ3v) is 17.6. The van der Waals surface area contributed by atoms with Crippen LogP contribution in [0.3, 0.4) is 0 Å². The van der Waals surface area contributed by atoms with Crippen LogP contribution in [0, 0.1) is 59.2 Å². The third-order valence-electron chi connectivity index (χ3n) is 17.6. The number of aromatic nitrogens is 6. The van der Waals surface area contributed by atoms with Crippen LogP contribution in [0.15, 0.2) is 158 Å². The minimum absolute atomic E-state index is 0.298. The van der Waals surface area contributed by atoms with Gasteiger partial charge in [0, 0.05) is 70.3 Å². The molecule has 0 N–H and O–H groups in total. The van der Waals surface area contributed by atoms with Crippen LogP contribution in [0.2, 0.25) is 0 Å². The summed E-state index contributed by atoms with van der Waals surface area (Å²) < 4.78 is 40.9. The maximum atomic E-state index is 6.89. The largest absolute Gasteiger partial charge is 0.493 e. The van der Waals surface area contributed by atoms with Gasteiger partial charge in [-0.25, -0.2) is 9.97 Å². The number of rotatable bonds is 32. The average molecular weight is 1310 g/mol. The number of hydrogen-bond acceptors (Lipinski definition) is 12. The van der Waals surface area contributed by atoms with Gasteiger partial charge >= 0.3 is 0 Å². The number of hydrogen-bond donors (Lipinski definition) is 0. The summed E-state index contributed by atoms with van der Waals surface area (Å²) in [5.41, 5.74) is 12.1. The molecule has 0 amide bonds. The van der Waals surface area contributed by atoms with E-state index in [1.807, 2.05) is 109 Å². The smallest absolute Gasteiger partial charge is 0.135 e. The van der Waals surface area contributed by atoms with Gasteiger partial charge in [0.2, 0.25) is 0 Å². The fraction of sp³-hybridized carbons (Fsp3) is 0.349. The number of benzene rings is 3. The quantitative estimate of drug-likeness (QED) is 0.0294. The monoisotopic (exact) mass is 1310 g/mol. The van der Waals surface area contributed by atoms with Crippen molar-refractivity contribution in [2.45, 2.75) is 122 Å². The van der Waals surface area contributed by atoms with E-state index in [0.717, 1.165) is 94.7 Å². The van der Waals surface area contributed by atoms with Crippen molar-refractivity contribution in [3.63, 3.8) is 0 Å². The van der Waals surface area contributed by atoms with Crippen LogP contribution in [0.5, 0.6) is 34.5 Å². The molecule has 98 heavy (non-hydrogen) atoms. The van der Waals surface area contributed by atoms with Gasteiger partial charge in [0.15, 0.2) is 0 Å². The first-order valence-electron chi connectivity index (χ1n) is 35.1. The van der Waals surface area contributed by atoms with Crippen molar-refractivity contribution in [3.05, 3.63) is 203 Å². The van der Waals surface area contributed by atoms with Gasteiger partial charge in [-0.05, 0) is 133 Å². The first-order valence-corrected chi connectivity index (χ1v) is 35.1. The van der Waals surface area contributed by atoms with E-state index < -0.39 is 0 Å². The second kappa shape index (κ2) is 36.9. The molecule has 0 saturated heterocycles. The van der Waals surface area contributed by atoms with E-state index in [2.05, 4.69) is 175 Å². The summed E-state index contributed by atoms with van der Waals surface area (Å²) in [6.07, 6.45) is 21.2. The summed E-state index contributed by atoms with van der Waals surface area (Å²) >= 11 is 0. The Bertz CT molecular complexity index is 3830. The lowest BCUT2D eigenvalue weighted by molar-refractivity contribution is 0.249. The molecule has 6 atom stereocenters. The second-order valence-corrected chi connectivity index (χ2v) is 25.9. The Morgan fingerprint density at radius 1 is 0.286 bits per heavy atom. The van der Waals surface area contributed by atoms with Crippen molar-refractivity contribution in [1.82, 2.24) is 29.9 Å². The summed E-state index contributed by atoms with van der Waals surface area (Å²) in [5.74, 6) is 20.0. The van der Waals surface area contributed by atoms with Crippen molar-refractivity contribution in [3.8, 4) is 104 Å². The summed E-state index contributed by atoms with van der Waals surface area (Å²) in [6, 6.07) is 43.5. The molecular weight excluding hydrogens is 1210 g/mol. The standard InChI is InChI=1S/C86H96N6O6/c1-13-59(7)53-93-81-49-69(83(95-55-61(9)15-3)47-67(81)33-31-65-43-77(73-27-19-23-39-87-73)91-78(44-65)74-28-20-24-40-88-74)35-37-71-51-86(98-58-64(12)18-6)72(52-85(71)97-57-63(11)17-5)38-36-70-50-82(94-54-60(8)14-2)68(48-84(70)96-56-62(10)16-4)34-32-66-45-79(75-29-21-25-41-89-75)92-80(46-66)76-30-22-26-42-90-76/h19-30,35-52,59-64H,13-18,53-58H2,1-12H3/b37-35+,38-36+/t59-,60-,61-,62-,63-,64-/m0/s1. The third kappa shape index (κ3) is 21.0. The molecule has 0 radical (unpaired) electrons. The molecule has 0 aliphatic heterocycles. The first kappa shape index (κ1) is 72.2. The first-order chi connectivity index (χ1) is 47.7. The Morgan fingerprint density at radius 3 is 0.755 bits per heavy atom. The molecule has 0 bridgehead atoms. The lowest BCUT2D eigenvalue weighted by Gasteiger charge is -2.19. The summed E-state index contributed by atoms with van der Waals surface area (Å²) in [6.45, 7) is 29.4. The van der Waals surface area contributed by atoms with Crippen molar-refractivity contribution < 1.29 is 28.4 Å². The molecule has 0 saturated carbocycles. The zero-order valence-corrected chi connectivity index (χ0v) is 59.4. The molecule has 506 valence electrons. The Morgan fingerprint density at radius 2 is 0.520 bits per heavy atom. The Kier molecular flexibility index (Phi) is 27.2. The van der Waals surface area contributed by atoms with Gasteiger partial charge in [-0.2, -0.15) is 0 Å². The highest BCUT2D eigenvalue weighted by molar-refractivity contribution is 5.82. The average Bonchev–Trinajstić information content (AvgIpc) is 0.833. The Labute approximate surface area is 582 Å². The number of nitrogens with zero attached hydrogens (tertiary/aromatic N) is 6. The summed E-state index contributed by atoms with van der Waals surface area (Å²) in [4.78, 5) is 28.5. The molecule has 3 aromatic carbocycles. The molecular formula is C86H96N6O6. The lowest BCUT2D eigenvalue weighted by Crippen LogP contribution is -2.11. The van der Waals surface area contributed by atoms with Gasteiger partial charge in [0.25, 0.3) is 0 Å². The Hall–Kier alpha value is -10.0. The molecule has 0 unspecified atom stereocenters. The Balaban J connectivity index is 1.16. The minimum atomic E-state index is 0.298. The highest BCUT2D eigenvalue weighted by Crippen LogP contribution is 2.38. The fourth-order valence-electron chi connectivity index (χ4n) is 9.72. The molecule has 6 heterocycles. The van der Waals surface area contributed by atoms with Crippen molar-refractivity contribution in [2.24, 2.45) is 35.5 Å². The highest BCUT2D eigenvalue weighted by atomic mass is 16.5. The van der Waals surface area contributed by atoms with E-state index in [0.29, 0.717) is 144 Å². The van der Waals surface area contributed by atoms with Crippen LogP contribution in [0.1, 0.15) is 166 Å². The predicted molar refractivity (Wildman–Crippen MR) is 400 cm³/mol. The minimum Gasteiger partial charge on any atom is -0.493 e. The van der Waals surface area contributed by atoms with Crippen molar-refractivity contribution >= 4 is 24.3 Å². The lowest BCUT2D eigenvalue weighted by atomic mass is 10.0. The van der Waals surface area contributed by atoms with Gasteiger partial charge in [-0.15, -0.1) is 0 Å². The molecule has 9 aromatic rings. The van der Waals surface area contributed by atoms with Gasteiger partial charge in [0.05, 0.1) is 96.3 Å². The van der Waals surface area contributed by atoms with Crippen LogP contribution in [0.25, 0.3) is 69.9 Å². The second-order valence-electron chi connectivity index (χ2n) is 25.9. The van der Waals surface area contributed by atoms with Crippen LogP contribution in [-0.4, -0.2) is 69.5 Å². The number of pyridine rings is 6. The fourth-order valence-corrected chi connectivity index (χ4v) is 9.72. The zero-order chi connectivity index (χ0) is 69.2. The molecule has 0 spiro atoms. The normalized spacial score (nSPS) is 13.1. The van der Waals surface area contributed by atoms with Gasteiger partial charge in [-0.1, -0.05) is 194 Å². The van der Waals surface area contributed by atoms with Crippen LogP contribution < -0.4 is 28.4 Å². The van der Waals surface area contributed by atoms with E-state index >= 15 is 0 Å². The van der Waals surface area contributed by atoms with Crippen LogP contribution in [-0.2, 0) is 0 Å². The van der Waals surface area contributed by atoms with E-state index in [1.165, 1.54) is 0 Å². The van der Waals surface area contributed by atoms with Gasteiger partial charge in [-0.3, -0.25) is 19.9 Å². The SMILES string of the molecule is CC[C@H](C)COc1cc(/C=C/c2cc(OC[C@@H](C)CC)c(/C=C/c3cc(OC[C@@H](C)CC)c(C#Cc4cc(-c5ccccn5)nc(-c5ccccn5)c4)cc3OC[C@@H](C)CC)cc2OC[C@@H](C)CC)c(OC[C@@H](C)CC)cc1C#Cc1cc(-c2ccccn2)nc(-c2ccccn2)c1. The predicted octanol–water partition coefficient (Wildman–Crippen LogP) is 20.4. The van der Waals surface area contributed by atoms with E-state index in [4.69, 9.17) is 38.4 Å². The highest BCUT2D eigenvalue weighted by Gasteiger charge is 2.19. The number of ether oxygens (including phenoxy) is 6. The van der Waals surface area contributed by atoms with Crippen molar-refractivity contribution in [1.29, 1.82) is 0 Å². The summed E-state index contributed by atoms with van der Waals surface area (Å²) in [7, 11) is 0. The molecule has 0 aliphatic rings. The molecule has 9 rings (SSSR count). The van der Waals surface area contributed by atoms with E-state index in [-0.39, 0.29) is 0 Å². The molecule has 6 aromatic heterocycles. The van der Waals surface area contributed by atoms with Crippen LogP contribution in [0.4, 0.5) is 0 Å². The van der Waals surface area contributed by atoms with Crippen LogP contribution >= 0.6 is 0 Å². The van der Waals surface area contributed by atoms with Gasteiger partial charge < -0.3 is 28.4 Å². The zero-order valence-electron chi connectivity index (χ0n) is 59.4. The molecule has 0 aliphatic carbocycles. The molecule has 12 heteroatoms. The van der Waals surface area contributed by atoms with Crippen molar-refractivity contribution in [2.75, 3.05) is 39.6 Å². The van der Waals surface area contributed by atoms with Gasteiger partial charge in [0.1, 0.15) is 34.5 Å². The van der Waals surface area contributed by atoms with E-state index in [9.17, 15) is 0 Å². The van der Waals surface area contributed by atoms with E-state index in [1.54, 1.807) is 24.8 Å². The molecule has 12 nitrogen and oxygen atoms in total. The molecule has 0 fully saturated rings. The summed E-state index contributed by atoms with van der Waals surface area (Å²) in [5, 5.41) is 0. The maximum Gasteiger partial charge on any atom is 0.135 e.